The van der Waals surface area contributed by atoms with E-state index >= 15 is 0 Å². The summed E-state index contributed by atoms with van der Waals surface area (Å²) in [6.45, 7) is 6.88. The van der Waals surface area contributed by atoms with Gasteiger partial charge >= 0.3 is 0 Å². The van der Waals surface area contributed by atoms with Crippen LogP contribution in [0, 0.1) is 0 Å². The Kier molecular flexibility index (Phi) is 4.19. The summed E-state index contributed by atoms with van der Waals surface area (Å²) < 4.78 is 0. The summed E-state index contributed by atoms with van der Waals surface area (Å²) in [5.74, 6) is 0. The van der Waals surface area contributed by atoms with E-state index in [0.717, 1.165) is 19.5 Å². The average Bonchev–Trinajstić information content (AvgIpc) is 2.98. The van der Waals surface area contributed by atoms with Crippen molar-refractivity contribution in [1.29, 1.82) is 0 Å². The van der Waals surface area contributed by atoms with E-state index in [1.165, 1.54) is 53.7 Å². The predicted octanol–water partition coefficient (Wildman–Crippen LogP) is 4.00. The number of fused-ring (bicyclic) bond motifs is 3. The van der Waals surface area contributed by atoms with Crippen molar-refractivity contribution in [1.82, 2.24) is 10.2 Å². The van der Waals surface area contributed by atoms with Crippen molar-refractivity contribution < 1.29 is 0 Å². The molecule has 2 aromatic carbocycles. The topological polar surface area (TPSA) is 15.3 Å². The zero-order valence-corrected chi connectivity index (χ0v) is 14.0. The second-order valence-corrected chi connectivity index (χ2v) is 6.84. The number of hydrogen-bond donors (Lipinski definition) is 1. The lowest BCUT2D eigenvalue weighted by Gasteiger charge is -2.35. The summed E-state index contributed by atoms with van der Waals surface area (Å²) >= 11 is 0. The molecule has 2 heteroatoms. The van der Waals surface area contributed by atoms with Gasteiger partial charge in [0.1, 0.15) is 0 Å². The van der Waals surface area contributed by atoms with Gasteiger partial charge in [0, 0.05) is 32.2 Å². The zero-order valence-electron chi connectivity index (χ0n) is 14.0. The van der Waals surface area contributed by atoms with Gasteiger partial charge in [0.15, 0.2) is 0 Å². The maximum atomic E-state index is 3.48. The molecule has 0 saturated carbocycles. The standard InChI is InChI=1S/C21H26N2/c1-2-5-21(23-12-10-22-11-13-23)17-8-9-20-18(15-17)14-16-6-3-4-7-19(16)20/h3-4,6-9,15,21-22H,2,5,10-14H2,1H3/t21-/m1/s1. The van der Waals surface area contributed by atoms with Crippen molar-refractivity contribution in [2.45, 2.75) is 32.2 Å². The number of rotatable bonds is 4. The number of nitrogens with zero attached hydrogens (tertiary/aromatic N) is 1. The van der Waals surface area contributed by atoms with Gasteiger partial charge in [-0.1, -0.05) is 55.8 Å². The molecule has 0 amide bonds. The Hall–Kier alpha value is -1.64. The molecule has 0 unspecified atom stereocenters. The van der Waals surface area contributed by atoms with Crippen LogP contribution in [0.25, 0.3) is 11.1 Å². The van der Waals surface area contributed by atoms with Crippen molar-refractivity contribution in [3.05, 3.63) is 59.2 Å². The molecule has 2 aromatic rings. The van der Waals surface area contributed by atoms with E-state index in [9.17, 15) is 0 Å². The van der Waals surface area contributed by atoms with Gasteiger partial charge in [0.2, 0.25) is 0 Å². The van der Waals surface area contributed by atoms with Crippen molar-refractivity contribution in [3.63, 3.8) is 0 Å². The van der Waals surface area contributed by atoms with Crippen LogP contribution in [-0.4, -0.2) is 31.1 Å². The molecule has 0 bridgehead atoms. The lowest BCUT2D eigenvalue weighted by Crippen LogP contribution is -2.45. The highest BCUT2D eigenvalue weighted by atomic mass is 15.2. The van der Waals surface area contributed by atoms with E-state index in [-0.39, 0.29) is 0 Å². The second-order valence-electron chi connectivity index (χ2n) is 6.84. The van der Waals surface area contributed by atoms with Gasteiger partial charge in [-0.05, 0) is 40.7 Å². The van der Waals surface area contributed by atoms with Crippen LogP contribution in [-0.2, 0) is 6.42 Å². The minimum Gasteiger partial charge on any atom is -0.314 e. The Morgan fingerprint density at radius 2 is 1.78 bits per heavy atom. The molecule has 0 spiro atoms. The van der Waals surface area contributed by atoms with E-state index in [1.54, 1.807) is 0 Å². The minimum absolute atomic E-state index is 0.580. The average molecular weight is 306 g/mol. The molecular weight excluding hydrogens is 280 g/mol. The maximum absolute atomic E-state index is 3.48. The third kappa shape index (κ3) is 2.82. The van der Waals surface area contributed by atoms with Crippen molar-refractivity contribution in [2.24, 2.45) is 0 Å². The van der Waals surface area contributed by atoms with Crippen molar-refractivity contribution in [2.75, 3.05) is 26.2 Å². The summed E-state index contributed by atoms with van der Waals surface area (Å²) in [7, 11) is 0. The molecule has 1 N–H and O–H groups in total. The summed E-state index contributed by atoms with van der Waals surface area (Å²) in [6.07, 6.45) is 3.59. The lowest BCUT2D eigenvalue weighted by atomic mass is 9.95. The Balaban J connectivity index is 1.65. The molecule has 2 nitrogen and oxygen atoms in total. The van der Waals surface area contributed by atoms with Gasteiger partial charge in [-0.3, -0.25) is 4.90 Å². The van der Waals surface area contributed by atoms with Crippen LogP contribution in [0.2, 0.25) is 0 Å². The van der Waals surface area contributed by atoms with Crippen molar-refractivity contribution >= 4 is 0 Å². The van der Waals surface area contributed by atoms with E-state index in [1.807, 2.05) is 0 Å². The predicted molar refractivity (Wildman–Crippen MR) is 96.8 cm³/mol. The Morgan fingerprint density at radius 3 is 2.61 bits per heavy atom. The molecule has 1 saturated heterocycles. The first-order valence-corrected chi connectivity index (χ1v) is 9.02. The van der Waals surface area contributed by atoms with Crippen LogP contribution >= 0.6 is 0 Å². The molecule has 1 fully saturated rings. The molecule has 1 heterocycles. The molecule has 1 atom stereocenters. The van der Waals surface area contributed by atoms with Gasteiger partial charge in [-0.2, -0.15) is 0 Å². The quantitative estimate of drug-likeness (QED) is 0.783. The molecule has 2 aliphatic rings. The number of benzene rings is 2. The summed E-state index contributed by atoms with van der Waals surface area (Å²) in [5.41, 5.74) is 7.39. The van der Waals surface area contributed by atoms with Crippen LogP contribution in [0.15, 0.2) is 42.5 Å². The molecular formula is C21H26N2. The van der Waals surface area contributed by atoms with E-state index in [2.05, 4.69) is 59.6 Å². The summed E-state index contributed by atoms with van der Waals surface area (Å²) in [6, 6.07) is 16.7. The summed E-state index contributed by atoms with van der Waals surface area (Å²) in [4.78, 5) is 2.67. The molecule has 120 valence electrons. The van der Waals surface area contributed by atoms with Crippen LogP contribution < -0.4 is 5.32 Å². The van der Waals surface area contributed by atoms with Gasteiger partial charge in [0.25, 0.3) is 0 Å². The monoisotopic (exact) mass is 306 g/mol. The van der Waals surface area contributed by atoms with E-state index in [0.29, 0.717) is 6.04 Å². The number of nitrogens with one attached hydrogen (secondary N) is 1. The number of hydrogen-bond acceptors (Lipinski definition) is 2. The van der Waals surface area contributed by atoms with E-state index in [4.69, 9.17) is 0 Å². The van der Waals surface area contributed by atoms with Gasteiger partial charge in [0.05, 0.1) is 0 Å². The first-order valence-electron chi connectivity index (χ1n) is 9.02. The molecule has 0 radical (unpaired) electrons. The Labute approximate surface area is 139 Å². The number of piperazine rings is 1. The maximum Gasteiger partial charge on any atom is 0.0349 e. The first kappa shape index (κ1) is 14.9. The third-order valence-corrected chi connectivity index (χ3v) is 5.36. The van der Waals surface area contributed by atoms with Crippen LogP contribution in [0.4, 0.5) is 0 Å². The van der Waals surface area contributed by atoms with Crippen LogP contribution in [0.3, 0.4) is 0 Å². The molecule has 1 aliphatic heterocycles. The van der Waals surface area contributed by atoms with Gasteiger partial charge in [-0.25, -0.2) is 0 Å². The Morgan fingerprint density at radius 1 is 1.00 bits per heavy atom. The second kappa shape index (κ2) is 6.46. The SMILES string of the molecule is CCC[C@H](c1ccc2c(c1)Cc1ccccc1-2)N1CCNCC1. The molecule has 23 heavy (non-hydrogen) atoms. The highest BCUT2D eigenvalue weighted by molar-refractivity contribution is 5.77. The normalized spacial score (nSPS) is 18.5. The first-order chi connectivity index (χ1) is 11.4. The molecule has 0 aromatic heterocycles. The Bertz CT molecular complexity index is 686. The molecule has 4 rings (SSSR count). The zero-order chi connectivity index (χ0) is 15.6. The highest BCUT2D eigenvalue weighted by Gasteiger charge is 2.24. The summed E-state index contributed by atoms with van der Waals surface area (Å²) in [5, 5.41) is 3.48. The fourth-order valence-electron chi connectivity index (χ4n) is 4.20. The smallest absolute Gasteiger partial charge is 0.0349 e. The highest BCUT2D eigenvalue weighted by Crippen LogP contribution is 2.38. The largest absolute Gasteiger partial charge is 0.314 e. The fourth-order valence-corrected chi connectivity index (χ4v) is 4.20. The minimum atomic E-state index is 0.580. The van der Waals surface area contributed by atoms with Gasteiger partial charge < -0.3 is 5.32 Å². The van der Waals surface area contributed by atoms with E-state index < -0.39 is 0 Å². The van der Waals surface area contributed by atoms with Crippen molar-refractivity contribution in [3.8, 4) is 11.1 Å². The van der Waals surface area contributed by atoms with Crippen LogP contribution in [0.1, 0.15) is 42.5 Å². The van der Waals surface area contributed by atoms with Crippen LogP contribution in [0.5, 0.6) is 0 Å². The molecule has 1 aliphatic carbocycles. The lowest BCUT2D eigenvalue weighted by molar-refractivity contribution is 0.164. The third-order valence-electron chi connectivity index (χ3n) is 5.36. The fraction of sp³-hybridized carbons (Fsp3) is 0.429. The van der Waals surface area contributed by atoms with Gasteiger partial charge in [-0.15, -0.1) is 0 Å².